The summed E-state index contributed by atoms with van der Waals surface area (Å²) < 4.78 is 5.04. The molecule has 8 heteroatoms. The third-order valence-electron chi connectivity index (χ3n) is 2.86. The van der Waals surface area contributed by atoms with Crippen molar-refractivity contribution in [2.45, 2.75) is 0 Å². The third-order valence-corrected chi connectivity index (χ3v) is 2.86. The van der Waals surface area contributed by atoms with Crippen molar-refractivity contribution in [3.63, 3.8) is 0 Å². The molecule has 0 aliphatic carbocycles. The van der Waals surface area contributed by atoms with Gasteiger partial charge in [0, 0.05) is 18.7 Å². The number of ketones is 1. The van der Waals surface area contributed by atoms with Crippen molar-refractivity contribution in [1.82, 2.24) is 0 Å². The van der Waals surface area contributed by atoms with Crippen LogP contribution in [0.25, 0.3) is 0 Å². The summed E-state index contributed by atoms with van der Waals surface area (Å²) >= 11 is 0. The number of fused-ring (bicyclic) bond motifs is 1. The van der Waals surface area contributed by atoms with Gasteiger partial charge >= 0.3 is 0 Å². The first kappa shape index (κ1) is 14.1. The standard InChI is InChI=1S/C12H12N2O6/c15-4-6-20-5-3-13-10-2-1-8(14(18)19)7-9(10)11(16)12(13)17/h1-2,7,15H,3-6H2. The predicted molar refractivity (Wildman–Crippen MR) is 67.7 cm³/mol. The van der Waals surface area contributed by atoms with E-state index in [2.05, 4.69) is 0 Å². The second-order valence-electron chi connectivity index (χ2n) is 4.08. The lowest BCUT2D eigenvalue weighted by molar-refractivity contribution is -0.384. The van der Waals surface area contributed by atoms with E-state index in [9.17, 15) is 19.7 Å². The van der Waals surface area contributed by atoms with Crippen molar-refractivity contribution in [3.05, 3.63) is 33.9 Å². The molecule has 1 aromatic carbocycles. The number of amides is 1. The zero-order chi connectivity index (χ0) is 14.7. The van der Waals surface area contributed by atoms with E-state index in [1.165, 1.54) is 17.0 Å². The molecule has 0 saturated carbocycles. The molecule has 106 valence electrons. The third kappa shape index (κ3) is 2.51. The fourth-order valence-corrected chi connectivity index (χ4v) is 1.95. The Hall–Kier alpha value is -2.32. The Labute approximate surface area is 113 Å². The number of Topliss-reactive ketones (excluding diaryl/α,β-unsaturated/α-hetero) is 1. The van der Waals surface area contributed by atoms with Gasteiger partial charge in [-0.1, -0.05) is 0 Å². The van der Waals surface area contributed by atoms with E-state index >= 15 is 0 Å². The van der Waals surface area contributed by atoms with Crippen LogP contribution in [0.15, 0.2) is 18.2 Å². The van der Waals surface area contributed by atoms with Crippen molar-refractivity contribution in [1.29, 1.82) is 0 Å². The SMILES string of the molecule is O=C1C(=O)N(CCOCCO)c2ccc([N+](=O)[O-])cc21. The summed E-state index contributed by atoms with van der Waals surface area (Å²) in [5, 5.41) is 19.2. The number of hydrogen-bond donors (Lipinski definition) is 1. The van der Waals surface area contributed by atoms with Crippen LogP contribution in [0.3, 0.4) is 0 Å². The Bertz CT molecular complexity index is 571. The van der Waals surface area contributed by atoms with Gasteiger partial charge in [-0.25, -0.2) is 0 Å². The number of nitro benzene ring substituents is 1. The van der Waals surface area contributed by atoms with E-state index in [4.69, 9.17) is 9.84 Å². The summed E-state index contributed by atoms with van der Waals surface area (Å²) in [7, 11) is 0. The molecule has 1 amide bonds. The molecular weight excluding hydrogens is 268 g/mol. The number of nitro groups is 1. The summed E-state index contributed by atoms with van der Waals surface area (Å²) in [4.78, 5) is 34.9. The highest BCUT2D eigenvalue weighted by molar-refractivity contribution is 6.52. The lowest BCUT2D eigenvalue weighted by Gasteiger charge is -2.16. The number of non-ortho nitro benzene ring substituents is 1. The molecule has 1 aliphatic heterocycles. The molecule has 1 aromatic rings. The summed E-state index contributed by atoms with van der Waals surface area (Å²) in [6.07, 6.45) is 0. The molecule has 1 aliphatic rings. The summed E-state index contributed by atoms with van der Waals surface area (Å²) in [6.45, 7) is 0.324. The van der Waals surface area contributed by atoms with Gasteiger partial charge in [-0.15, -0.1) is 0 Å². The van der Waals surface area contributed by atoms with Crippen molar-refractivity contribution >= 4 is 23.1 Å². The Morgan fingerprint density at radius 1 is 1.30 bits per heavy atom. The molecule has 0 aromatic heterocycles. The van der Waals surface area contributed by atoms with Crippen molar-refractivity contribution in [2.75, 3.05) is 31.3 Å². The Balaban J connectivity index is 2.20. The molecule has 2 rings (SSSR count). The molecule has 0 fully saturated rings. The minimum Gasteiger partial charge on any atom is -0.394 e. The molecule has 0 atom stereocenters. The van der Waals surface area contributed by atoms with Gasteiger partial charge in [-0.2, -0.15) is 0 Å². The van der Waals surface area contributed by atoms with Gasteiger partial charge in [0.15, 0.2) is 0 Å². The number of aliphatic hydroxyl groups excluding tert-OH is 1. The van der Waals surface area contributed by atoms with Crippen LogP contribution in [-0.4, -0.2) is 48.1 Å². The number of ether oxygens (including phenoxy) is 1. The van der Waals surface area contributed by atoms with Gasteiger partial charge in [0.25, 0.3) is 17.4 Å². The predicted octanol–water partition coefficient (Wildman–Crippen LogP) is 0.133. The molecule has 0 saturated heterocycles. The topological polar surface area (TPSA) is 110 Å². The summed E-state index contributed by atoms with van der Waals surface area (Å²) in [6, 6.07) is 3.72. The van der Waals surface area contributed by atoms with Crippen LogP contribution in [0.1, 0.15) is 10.4 Å². The molecule has 1 heterocycles. The van der Waals surface area contributed by atoms with Gasteiger partial charge in [-0.3, -0.25) is 19.7 Å². The maximum atomic E-state index is 11.8. The zero-order valence-electron chi connectivity index (χ0n) is 10.4. The van der Waals surface area contributed by atoms with Crippen LogP contribution in [0.5, 0.6) is 0 Å². The molecule has 0 radical (unpaired) electrons. The highest BCUT2D eigenvalue weighted by Crippen LogP contribution is 2.31. The summed E-state index contributed by atoms with van der Waals surface area (Å²) in [5.74, 6) is -1.49. The molecular formula is C12H12N2O6. The second kappa shape index (κ2) is 5.76. The largest absolute Gasteiger partial charge is 0.394 e. The highest BCUT2D eigenvalue weighted by atomic mass is 16.6. The maximum absolute atomic E-state index is 11.8. The monoisotopic (exact) mass is 280 g/mol. The fourth-order valence-electron chi connectivity index (χ4n) is 1.95. The van der Waals surface area contributed by atoms with Gasteiger partial charge in [0.2, 0.25) is 0 Å². The van der Waals surface area contributed by atoms with Gasteiger partial charge in [-0.05, 0) is 6.07 Å². The molecule has 0 spiro atoms. The Morgan fingerprint density at radius 3 is 2.70 bits per heavy atom. The number of carbonyl (C=O) groups is 2. The second-order valence-corrected chi connectivity index (χ2v) is 4.08. The molecule has 0 unspecified atom stereocenters. The van der Waals surface area contributed by atoms with Crippen LogP contribution in [0, 0.1) is 10.1 Å². The van der Waals surface area contributed by atoms with Gasteiger partial charge in [0.1, 0.15) is 0 Å². The van der Waals surface area contributed by atoms with Crippen LogP contribution in [0.4, 0.5) is 11.4 Å². The Morgan fingerprint density at radius 2 is 2.05 bits per heavy atom. The average molecular weight is 280 g/mol. The maximum Gasteiger partial charge on any atom is 0.299 e. The minimum absolute atomic E-state index is 0.0337. The molecule has 0 bridgehead atoms. The van der Waals surface area contributed by atoms with E-state index in [-0.39, 0.29) is 37.6 Å². The smallest absolute Gasteiger partial charge is 0.299 e. The van der Waals surface area contributed by atoms with E-state index in [0.29, 0.717) is 5.69 Å². The number of rotatable bonds is 6. The lowest BCUT2D eigenvalue weighted by atomic mass is 10.1. The van der Waals surface area contributed by atoms with Crippen LogP contribution < -0.4 is 4.90 Å². The first-order valence-electron chi connectivity index (χ1n) is 5.89. The number of nitrogens with zero attached hydrogens (tertiary/aromatic N) is 2. The number of anilines is 1. The van der Waals surface area contributed by atoms with Crippen molar-refractivity contribution in [3.8, 4) is 0 Å². The normalized spacial score (nSPS) is 13.8. The number of benzene rings is 1. The number of hydrogen-bond acceptors (Lipinski definition) is 6. The van der Waals surface area contributed by atoms with Crippen LogP contribution in [0.2, 0.25) is 0 Å². The molecule has 20 heavy (non-hydrogen) atoms. The Kier molecular flexibility index (Phi) is 4.06. The van der Waals surface area contributed by atoms with Crippen LogP contribution in [-0.2, 0) is 9.53 Å². The fraction of sp³-hybridized carbons (Fsp3) is 0.333. The van der Waals surface area contributed by atoms with E-state index < -0.39 is 16.6 Å². The van der Waals surface area contributed by atoms with Crippen LogP contribution >= 0.6 is 0 Å². The molecule has 8 nitrogen and oxygen atoms in total. The van der Waals surface area contributed by atoms with Crippen molar-refractivity contribution in [2.24, 2.45) is 0 Å². The zero-order valence-corrected chi connectivity index (χ0v) is 10.4. The van der Waals surface area contributed by atoms with Crippen molar-refractivity contribution < 1.29 is 24.4 Å². The first-order valence-corrected chi connectivity index (χ1v) is 5.89. The first-order chi connectivity index (χ1) is 9.56. The minimum atomic E-state index is -0.758. The van der Waals surface area contributed by atoms with Gasteiger partial charge < -0.3 is 14.7 Å². The van der Waals surface area contributed by atoms with E-state index in [0.717, 1.165) is 6.07 Å². The highest BCUT2D eigenvalue weighted by Gasteiger charge is 2.36. The average Bonchev–Trinajstić information content (AvgIpc) is 2.67. The van der Waals surface area contributed by atoms with E-state index in [1.807, 2.05) is 0 Å². The molecule has 1 N–H and O–H groups in total. The number of aliphatic hydroxyl groups is 1. The lowest BCUT2D eigenvalue weighted by Crippen LogP contribution is -2.33. The van der Waals surface area contributed by atoms with Gasteiger partial charge in [0.05, 0.1) is 36.0 Å². The summed E-state index contributed by atoms with van der Waals surface area (Å²) in [5.41, 5.74) is 0.146. The number of carbonyl (C=O) groups excluding carboxylic acids is 2. The quantitative estimate of drug-likeness (QED) is 0.343. The van der Waals surface area contributed by atoms with E-state index in [1.54, 1.807) is 0 Å².